The largest absolute Gasteiger partial charge is 0.342 e. The second kappa shape index (κ2) is 7.11. The Morgan fingerprint density at radius 1 is 1.20 bits per heavy atom. The minimum absolute atomic E-state index is 0.121. The summed E-state index contributed by atoms with van der Waals surface area (Å²) in [5.41, 5.74) is 0. The van der Waals surface area contributed by atoms with Gasteiger partial charge < -0.3 is 4.90 Å². The van der Waals surface area contributed by atoms with Crippen molar-refractivity contribution < 1.29 is 4.79 Å². The predicted octanol–water partition coefficient (Wildman–Crippen LogP) is 2.81. The standard InChI is InChI=1S/C14H24N4OS/c1-10(2)12-15-14(17-16-12)20-11(3)13(19)18-8-6-4-5-7-9-18/h10-11H,4-9H2,1-3H3,(H,15,16,17)/t11-/m0/s1. The first kappa shape index (κ1) is 15.4. The third-order valence-electron chi connectivity index (χ3n) is 3.58. The molecule has 0 radical (unpaired) electrons. The van der Waals surface area contributed by atoms with Crippen molar-refractivity contribution in [3.05, 3.63) is 5.82 Å². The zero-order valence-electron chi connectivity index (χ0n) is 12.6. The number of aromatic nitrogens is 3. The van der Waals surface area contributed by atoms with Gasteiger partial charge in [-0.05, 0) is 19.8 Å². The number of hydrogen-bond acceptors (Lipinski definition) is 4. The van der Waals surface area contributed by atoms with Crippen molar-refractivity contribution in [2.24, 2.45) is 0 Å². The van der Waals surface area contributed by atoms with Crippen LogP contribution in [-0.4, -0.2) is 44.3 Å². The van der Waals surface area contributed by atoms with E-state index in [2.05, 4.69) is 29.0 Å². The molecule has 20 heavy (non-hydrogen) atoms. The van der Waals surface area contributed by atoms with Crippen molar-refractivity contribution in [3.63, 3.8) is 0 Å². The van der Waals surface area contributed by atoms with Gasteiger partial charge in [-0.2, -0.15) is 0 Å². The Hall–Kier alpha value is -1.04. The lowest BCUT2D eigenvalue weighted by atomic mass is 10.2. The summed E-state index contributed by atoms with van der Waals surface area (Å²) in [5.74, 6) is 1.42. The maximum atomic E-state index is 12.4. The highest BCUT2D eigenvalue weighted by Crippen LogP contribution is 2.23. The molecule has 0 aromatic carbocycles. The number of thioether (sulfide) groups is 1. The van der Waals surface area contributed by atoms with E-state index >= 15 is 0 Å². The summed E-state index contributed by atoms with van der Waals surface area (Å²) < 4.78 is 0. The molecule has 1 N–H and O–H groups in total. The third kappa shape index (κ3) is 3.98. The molecule has 112 valence electrons. The molecule has 5 nitrogen and oxygen atoms in total. The lowest BCUT2D eigenvalue weighted by Crippen LogP contribution is -2.37. The van der Waals surface area contributed by atoms with Gasteiger partial charge in [0.05, 0.1) is 5.25 Å². The van der Waals surface area contributed by atoms with Crippen molar-refractivity contribution in [2.45, 2.75) is 62.8 Å². The van der Waals surface area contributed by atoms with Crippen LogP contribution in [0.4, 0.5) is 0 Å². The van der Waals surface area contributed by atoms with Crippen LogP contribution in [0.25, 0.3) is 0 Å². The highest BCUT2D eigenvalue weighted by molar-refractivity contribution is 8.00. The Morgan fingerprint density at radius 3 is 2.40 bits per heavy atom. The van der Waals surface area contributed by atoms with Gasteiger partial charge in [-0.3, -0.25) is 9.89 Å². The van der Waals surface area contributed by atoms with E-state index in [-0.39, 0.29) is 11.2 Å². The molecule has 1 aliphatic rings. The first-order valence-electron chi connectivity index (χ1n) is 7.45. The number of H-pyrrole nitrogens is 1. The second-order valence-corrected chi connectivity index (χ2v) is 6.97. The van der Waals surface area contributed by atoms with E-state index in [9.17, 15) is 4.79 Å². The van der Waals surface area contributed by atoms with Crippen LogP contribution in [0.3, 0.4) is 0 Å². The van der Waals surface area contributed by atoms with Crippen LogP contribution in [0.5, 0.6) is 0 Å². The lowest BCUT2D eigenvalue weighted by Gasteiger charge is -2.23. The minimum atomic E-state index is -0.121. The number of amides is 1. The monoisotopic (exact) mass is 296 g/mol. The van der Waals surface area contributed by atoms with E-state index in [0.717, 1.165) is 31.8 Å². The van der Waals surface area contributed by atoms with Gasteiger partial charge in [0, 0.05) is 19.0 Å². The minimum Gasteiger partial charge on any atom is -0.342 e. The van der Waals surface area contributed by atoms with E-state index in [1.54, 1.807) is 0 Å². The van der Waals surface area contributed by atoms with Gasteiger partial charge in [-0.25, -0.2) is 4.98 Å². The molecule has 1 atom stereocenters. The molecule has 6 heteroatoms. The highest BCUT2D eigenvalue weighted by Gasteiger charge is 2.23. The summed E-state index contributed by atoms with van der Waals surface area (Å²) in [6.07, 6.45) is 4.73. The third-order valence-corrected chi connectivity index (χ3v) is 4.53. The number of rotatable bonds is 4. The molecule has 1 saturated heterocycles. The van der Waals surface area contributed by atoms with Crippen LogP contribution in [0, 0.1) is 0 Å². The van der Waals surface area contributed by atoms with Crippen LogP contribution in [0.1, 0.15) is 58.2 Å². The predicted molar refractivity (Wildman–Crippen MR) is 80.8 cm³/mol. The summed E-state index contributed by atoms with van der Waals surface area (Å²) in [6, 6.07) is 0. The van der Waals surface area contributed by atoms with Crippen LogP contribution < -0.4 is 0 Å². The Balaban J connectivity index is 1.92. The molecule has 0 aliphatic carbocycles. The van der Waals surface area contributed by atoms with E-state index in [1.165, 1.54) is 24.6 Å². The average molecular weight is 296 g/mol. The van der Waals surface area contributed by atoms with E-state index in [4.69, 9.17) is 0 Å². The van der Waals surface area contributed by atoms with Crippen LogP contribution >= 0.6 is 11.8 Å². The van der Waals surface area contributed by atoms with Gasteiger partial charge in [-0.15, -0.1) is 5.10 Å². The van der Waals surface area contributed by atoms with Crippen LogP contribution in [0.15, 0.2) is 5.16 Å². The Labute approximate surface area is 124 Å². The fraction of sp³-hybridized carbons (Fsp3) is 0.786. The van der Waals surface area contributed by atoms with Crippen LogP contribution in [-0.2, 0) is 4.79 Å². The Morgan fingerprint density at radius 2 is 1.85 bits per heavy atom. The SMILES string of the molecule is CC(C)c1nc(S[C@@H](C)C(=O)N2CCCCCC2)n[nH]1. The van der Waals surface area contributed by atoms with E-state index in [0.29, 0.717) is 11.1 Å². The maximum absolute atomic E-state index is 12.4. The zero-order valence-corrected chi connectivity index (χ0v) is 13.4. The highest BCUT2D eigenvalue weighted by atomic mass is 32.2. The number of carbonyl (C=O) groups excluding carboxylic acids is 1. The Kier molecular flexibility index (Phi) is 5.46. The van der Waals surface area contributed by atoms with E-state index < -0.39 is 0 Å². The zero-order chi connectivity index (χ0) is 14.5. The molecule has 2 rings (SSSR count). The summed E-state index contributed by atoms with van der Waals surface area (Å²) in [4.78, 5) is 18.9. The summed E-state index contributed by atoms with van der Waals surface area (Å²) in [7, 11) is 0. The van der Waals surface area contributed by atoms with Crippen molar-refractivity contribution in [1.29, 1.82) is 0 Å². The van der Waals surface area contributed by atoms with Gasteiger partial charge in [0.25, 0.3) is 0 Å². The topological polar surface area (TPSA) is 61.9 Å². The summed E-state index contributed by atoms with van der Waals surface area (Å²) in [6.45, 7) is 7.88. The number of hydrogen-bond donors (Lipinski definition) is 1. The van der Waals surface area contributed by atoms with Gasteiger partial charge in [-0.1, -0.05) is 38.5 Å². The second-order valence-electron chi connectivity index (χ2n) is 5.66. The molecule has 1 amide bonds. The molecule has 1 fully saturated rings. The molecule has 1 aromatic heterocycles. The lowest BCUT2D eigenvalue weighted by molar-refractivity contribution is -0.130. The van der Waals surface area contributed by atoms with Gasteiger partial charge in [0.2, 0.25) is 11.1 Å². The van der Waals surface area contributed by atoms with Gasteiger partial charge in [0.1, 0.15) is 5.82 Å². The van der Waals surface area contributed by atoms with Crippen molar-refractivity contribution in [1.82, 2.24) is 20.1 Å². The first-order chi connectivity index (χ1) is 9.58. The smallest absolute Gasteiger partial charge is 0.235 e. The van der Waals surface area contributed by atoms with Crippen molar-refractivity contribution >= 4 is 17.7 Å². The molecule has 0 saturated carbocycles. The molecular weight excluding hydrogens is 272 g/mol. The normalized spacial score (nSPS) is 18.1. The van der Waals surface area contributed by atoms with Crippen molar-refractivity contribution in [2.75, 3.05) is 13.1 Å². The first-order valence-corrected chi connectivity index (χ1v) is 8.33. The van der Waals surface area contributed by atoms with E-state index in [1.807, 2.05) is 11.8 Å². The van der Waals surface area contributed by atoms with Gasteiger partial charge in [0.15, 0.2) is 0 Å². The summed E-state index contributed by atoms with van der Waals surface area (Å²) in [5, 5.41) is 7.66. The average Bonchev–Trinajstić information content (AvgIpc) is 2.72. The number of nitrogens with one attached hydrogen (secondary N) is 1. The molecule has 1 aromatic rings. The molecule has 1 aliphatic heterocycles. The number of carbonyl (C=O) groups is 1. The Bertz CT molecular complexity index is 438. The van der Waals surface area contributed by atoms with Crippen molar-refractivity contribution in [3.8, 4) is 0 Å². The number of nitrogens with zero attached hydrogens (tertiary/aromatic N) is 3. The summed E-state index contributed by atoms with van der Waals surface area (Å²) >= 11 is 1.45. The molecule has 0 spiro atoms. The fourth-order valence-corrected chi connectivity index (χ4v) is 3.14. The molecule has 2 heterocycles. The number of likely N-dealkylation sites (tertiary alicyclic amines) is 1. The van der Waals surface area contributed by atoms with Gasteiger partial charge >= 0.3 is 0 Å². The number of aromatic amines is 1. The molecule has 0 unspecified atom stereocenters. The maximum Gasteiger partial charge on any atom is 0.235 e. The molecular formula is C14H24N4OS. The fourth-order valence-electron chi connectivity index (χ4n) is 2.33. The molecule has 0 bridgehead atoms. The quantitative estimate of drug-likeness (QED) is 0.868. The van der Waals surface area contributed by atoms with Crippen LogP contribution in [0.2, 0.25) is 0 Å².